The lowest BCUT2D eigenvalue weighted by atomic mass is 10.2. The van der Waals surface area contributed by atoms with Crippen LogP contribution in [0.2, 0.25) is 0 Å². The summed E-state index contributed by atoms with van der Waals surface area (Å²) in [5.74, 6) is -6.69. The molecule has 1 amide bonds. The molecule has 0 aliphatic heterocycles. The zero-order valence-corrected chi connectivity index (χ0v) is 10.2. The maximum atomic E-state index is 12.6. The first-order valence-corrected chi connectivity index (χ1v) is 5.30. The lowest BCUT2D eigenvalue weighted by molar-refractivity contribution is -0.123. The number of carbonyl (C=O) groups is 2. The van der Waals surface area contributed by atoms with Crippen LogP contribution in [0.5, 0.6) is 0 Å². The second-order valence-corrected chi connectivity index (χ2v) is 3.88. The Morgan fingerprint density at radius 3 is 2.45 bits per heavy atom. The Kier molecular flexibility index (Phi) is 4.64. The van der Waals surface area contributed by atoms with Crippen LogP contribution in [0.4, 0.5) is 17.6 Å². The number of carboxylic acids is 1. The van der Waals surface area contributed by atoms with Crippen molar-refractivity contribution in [1.82, 2.24) is 10.3 Å². The van der Waals surface area contributed by atoms with E-state index in [2.05, 4.69) is 4.98 Å². The average molecular weight is 294 g/mol. The third-order valence-corrected chi connectivity index (χ3v) is 2.35. The van der Waals surface area contributed by atoms with Crippen LogP contribution < -0.4 is 5.32 Å². The van der Waals surface area contributed by atoms with Crippen molar-refractivity contribution in [3.8, 4) is 0 Å². The summed E-state index contributed by atoms with van der Waals surface area (Å²) in [7, 11) is 0. The van der Waals surface area contributed by atoms with Gasteiger partial charge in [0.2, 0.25) is 0 Å². The molecule has 1 rings (SSSR count). The molecular formula is C11H10F4N2O3. The number of hydrogen-bond donors (Lipinski definition) is 2. The van der Waals surface area contributed by atoms with E-state index in [4.69, 9.17) is 5.11 Å². The van der Waals surface area contributed by atoms with Crippen LogP contribution in [0.3, 0.4) is 0 Å². The zero-order chi connectivity index (χ0) is 15.5. The Morgan fingerprint density at radius 1 is 1.40 bits per heavy atom. The quantitative estimate of drug-likeness (QED) is 0.810. The van der Waals surface area contributed by atoms with Gasteiger partial charge in [-0.2, -0.15) is 8.78 Å². The number of pyridine rings is 1. The van der Waals surface area contributed by atoms with Crippen LogP contribution in [-0.4, -0.2) is 40.9 Å². The molecule has 0 aliphatic carbocycles. The molecule has 0 unspecified atom stereocenters. The Balaban J connectivity index is 2.79. The fourth-order valence-corrected chi connectivity index (χ4v) is 1.28. The molecule has 1 aromatic rings. The number of aromatic carboxylic acids is 1. The Morgan fingerprint density at radius 2 is 2.00 bits per heavy atom. The molecule has 0 bridgehead atoms. The molecule has 0 aliphatic rings. The summed E-state index contributed by atoms with van der Waals surface area (Å²) in [5, 5.41) is 10.4. The summed E-state index contributed by atoms with van der Waals surface area (Å²) >= 11 is 0. The number of nitrogens with one attached hydrogen (secondary N) is 1. The molecule has 110 valence electrons. The van der Waals surface area contributed by atoms with Gasteiger partial charge in [0.05, 0.1) is 17.8 Å². The molecule has 1 aromatic heterocycles. The number of amides is 1. The van der Waals surface area contributed by atoms with Gasteiger partial charge in [-0.1, -0.05) is 0 Å². The third kappa shape index (κ3) is 3.65. The monoisotopic (exact) mass is 294 g/mol. The summed E-state index contributed by atoms with van der Waals surface area (Å²) in [6, 6.07) is 2.08. The molecule has 5 nitrogen and oxygen atoms in total. The first-order valence-electron chi connectivity index (χ1n) is 5.30. The average Bonchev–Trinajstić information content (AvgIpc) is 2.35. The molecule has 0 spiro atoms. The molecule has 0 aromatic carbocycles. The Bertz CT molecular complexity index is 534. The van der Waals surface area contributed by atoms with Crippen LogP contribution in [0, 0.1) is 6.92 Å². The highest BCUT2D eigenvalue weighted by Gasteiger charge is 2.40. The van der Waals surface area contributed by atoms with Gasteiger partial charge in [-0.25, -0.2) is 18.6 Å². The largest absolute Gasteiger partial charge is 0.478 e. The number of hydrogen-bond acceptors (Lipinski definition) is 3. The number of rotatable bonds is 5. The minimum absolute atomic E-state index is 0.00534. The number of carbonyl (C=O) groups excluding carboxylic acids is 1. The zero-order valence-electron chi connectivity index (χ0n) is 10.2. The molecule has 1 heterocycles. The van der Waals surface area contributed by atoms with Crippen LogP contribution in [0.25, 0.3) is 0 Å². The van der Waals surface area contributed by atoms with Crippen molar-refractivity contribution in [1.29, 1.82) is 0 Å². The van der Waals surface area contributed by atoms with Gasteiger partial charge in [0.25, 0.3) is 5.91 Å². The van der Waals surface area contributed by atoms with Crippen LogP contribution >= 0.6 is 0 Å². The Labute approximate surface area is 110 Å². The molecule has 0 saturated carbocycles. The molecule has 0 saturated heterocycles. The van der Waals surface area contributed by atoms with Crippen molar-refractivity contribution >= 4 is 11.9 Å². The number of aryl methyl sites for hydroxylation is 1. The van der Waals surface area contributed by atoms with E-state index < -0.39 is 30.8 Å². The first-order chi connectivity index (χ1) is 9.15. The molecule has 2 N–H and O–H groups in total. The highest BCUT2D eigenvalue weighted by atomic mass is 19.3. The highest BCUT2D eigenvalue weighted by Crippen LogP contribution is 2.21. The van der Waals surface area contributed by atoms with Crippen molar-refractivity contribution in [3.63, 3.8) is 0 Å². The minimum Gasteiger partial charge on any atom is -0.478 e. The van der Waals surface area contributed by atoms with Gasteiger partial charge < -0.3 is 10.4 Å². The number of nitrogens with zero attached hydrogens (tertiary/aromatic N) is 1. The summed E-state index contributed by atoms with van der Waals surface area (Å²) in [4.78, 5) is 25.8. The van der Waals surface area contributed by atoms with Crippen molar-refractivity contribution < 1.29 is 32.3 Å². The van der Waals surface area contributed by atoms with E-state index in [-0.39, 0.29) is 17.0 Å². The number of aromatic nitrogens is 1. The first kappa shape index (κ1) is 15.9. The lowest BCUT2D eigenvalue weighted by Gasteiger charge is -2.15. The van der Waals surface area contributed by atoms with Crippen LogP contribution in [0.1, 0.15) is 26.5 Å². The van der Waals surface area contributed by atoms with Crippen molar-refractivity contribution in [2.75, 3.05) is 6.54 Å². The number of carboxylic acid groups (broad SMARTS) is 1. The standard InChI is InChI=1S/C11H10F4N2O3/c1-5-6(9(19)20)2-3-7(17-5)8(18)16-4-11(14,15)10(12)13/h2-3,10H,4H2,1H3,(H,16,18)(H,19,20). The van der Waals surface area contributed by atoms with Crippen molar-refractivity contribution in [3.05, 3.63) is 29.1 Å². The second-order valence-electron chi connectivity index (χ2n) is 3.88. The second kappa shape index (κ2) is 5.85. The van der Waals surface area contributed by atoms with Gasteiger partial charge in [-0.3, -0.25) is 4.79 Å². The minimum atomic E-state index is -4.34. The Hall–Kier alpha value is -2.19. The highest BCUT2D eigenvalue weighted by molar-refractivity contribution is 5.94. The van der Waals surface area contributed by atoms with E-state index in [0.29, 0.717) is 0 Å². The molecule has 0 atom stereocenters. The van der Waals surface area contributed by atoms with Crippen LogP contribution in [-0.2, 0) is 0 Å². The van der Waals surface area contributed by atoms with Crippen molar-refractivity contribution in [2.24, 2.45) is 0 Å². The number of alkyl halides is 4. The molecule has 0 radical (unpaired) electrons. The van der Waals surface area contributed by atoms with Gasteiger partial charge in [0, 0.05) is 0 Å². The molecule has 20 heavy (non-hydrogen) atoms. The fourth-order valence-electron chi connectivity index (χ4n) is 1.28. The van der Waals surface area contributed by atoms with E-state index in [1.165, 1.54) is 6.92 Å². The van der Waals surface area contributed by atoms with Gasteiger partial charge >= 0.3 is 18.3 Å². The summed E-state index contributed by atoms with van der Waals surface area (Å²) in [5.41, 5.74) is -0.484. The topological polar surface area (TPSA) is 79.3 Å². The van der Waals surface area contributed by atoms with Gasteiger partial charge in [-0.15, -0.1) is 0 Å². The fraction of sp³-hybridized carbons (Fsp3) is 0.364. The van der Waals surface area contributed by atoms with Crippen LogP contribution in [0.15, 0.2) is 12.1 Å². The van der Waals surface area contributed by atoms with E-state index in [9.17, 15) is 27.2 Å². The summed E-state index contributed by atoms with van der Waals surface area (Å²) < 4.78 is 49.0. The molecular weight excluding hydrogens is 284 g/mol. The smallest absolute Gasteiger partial charge is 0.337 e. The van der Waals surface area contributed by atoms with Gasteiger partial charge in [0.1, 0.15) is 5.69 Å². The van der Waals surface area contributed by atoms with E-state index in [1.54, 1.807) is 5.32 Å². The normalized spacial score (nSPS) is 11.5. The van der Waals surface area contributed by atoms with E-state index in [1.807, 2.05) is 0 Å². The number of halogens is 4. The van der Waals surface area contributed by atoms with E-state index >= 15 is 0 Å². The van der Waals surface area contributed by atoms with Crippen molar-refractivity contribution in [2.45, 2.75) is 19.3 Å². The third-order valence-electron chi connectivity index (χ3n) is 2.35. The summed E-state index contributed by atoms with van der Waals surface area (Å²) in [6.07, 6.45) is -3.90. The molecule has 9 heteroatoms. The predicted octanol–water partition coefficient (Wildman–Crippen LogP) is 1.72. The van der Waals surface area contributed by atoms with Gasteiger partial charge in [0.15, 0.2) is 0 Å². The maximum absolute atomic E-state index is 12.6. The molecule has 0 fully saturated rings. The van der Waals surface area contributed by atoms with Gasteiger partial charge in [-0.05, 0) is 19.1 Å². The summed E-state index contributed by atoms with van der Waals surface area (Å²) in [6.45, 7) is -0.223. The SMILES string of the molecule is Cc1nc(C(=O)NCC(F)(F)C(F)F)ccc1C(=O)O. The maximum Gasteiger partial charge on any atom is 0.337 e. The predicted molar refractivity (Wildman–Crippen MR) is 59.2 cm³/mol. The van der Waals surface area contributed by atoms with E-state index in [0.717, 1.165) is 12.1 Å². The lowest BCUT2D eigenvalue weighted by Crippen LogP contribution is -2.41.